The quantitative estimate of drug-likeness (QED) is 0.343. The standard InChI is InChI=1S/C9H15N5O3/c1-3(15)6(16)4-2-11-7-5(12-4)8(17)14-9(10)13-7/h3,5,7,9,11,13,15H,2,10H2,1H3,(H,14,17). The highest BCUT2D eigenvalue weighted by Gasteiger charge is 2.38. The van der Waals surface area contributed by atoms with E-state index in [0.29, 0.717) is 0 Å². The zero-order chi connectivity index (χ0) is 12.6. The molecule has 0 radical (unpaired) electrons. The Bertz CT molecular complexity index is 381. The first-order valence-electron chi connectivity index (χ1n) is 5.33. The molecular formula is C9H15N5O3. The topological polar surface area (TPSA) is 129 Å². The number of rotatable bonds is 2. The van der Waals surface area contributed by atoms with Gasteiger partial charge in [-0.1, -0.05) is 0 Å². The number of ketones is 1. The molecule has 0 spiro atoms. The van der Waals surface area contributed by atoms with E-state index in [1.54, 1.807) is 0 Å². The van der Waals surface area contributed by atoms with E-state index in [4.69, 9.17) is 5.73 Å². The Labute approximate surface area is 97.6 Å². The van der Waals surface area contributed by atoms with E-state index in [1.165, 1.54) is 6.92 Å². The maximum atomic E-state index is 11.6. The van der Waals surface area contributed by atoms with Crippen molar-refractivity contribution >= 4 is 17.4 Å². The molecule has 0 aromatic rings. The number of Topliss-reactive ketones (excluding diaryl/α,β-unsaturated/α-hetero) is 1. The Morgan fingerprint density at radius 3 is 3.00 bits per heavy atom. The normalized spacial score (nSPS) is 34.4. The highest BCUT2D eigenvalue weighted by molar-refractivity contribution is 6.42. The number of carbonyl (C=O) groups excluding carboxylic acids is 2. The minimum Gasteiger partial charge on any atom is -0.385 e. The summed E-state index contributed by atoms with van der Waals surface area (Å²) in [5.41, 5.74) is 5.71. The van der Waals surface area contributed by atoms with Gasteiger partial charge < -0.3 is 10.4 Å². The second-order valence-electron chi connectivity index (χ2n) is 4.07. The Morgan fingerprint density at radius 2 is 2.35 bits per heavy atom. The van der Waals surface area contributed by atoms with E-state index >= 15 is 0 Å². The third kappa shape index (κ3) is 2.34. The first-order chi connectivity index (χ1) is 7.99. The molecule has 2 aliphatic rings. The average molecular weight is 241 g/mol. The Balaban J connectivity index is 2.18. The molecule has 4 unspecified atom stereocenters. The summed E-state index contributed by atoms with van der Waals surface area (Å²) in [4.78, 5) is 27.2. The smallest absolute Gasteiger partial charge is 0.250 e. The number of nitrogens with zero attached hydrogens (tertiary/aromatic N) is 1. The fourth-order valence-corrected chi connectivity index (χ4v) is 1.83. The number of amides is 1. The van der Waals surface area contributed by atoms with Crippen LogP contribution < -0.4 is 21.7 Å². The molecule has 17 heavy (non-hydrogen) atoms. The fourth-order valence-electron chi connectivity index (χ4n) is 1.83. The van der Waals surface area contributed by atoms with Gasteiger partial charge in [0.05, 0.1) is 11.9 Å². The lowest BCUT2D eigenvalue weighted by atomic mass is 10.1. The van der Waals surface area contributed by atoms with Crippen LogP contribution in [0.25, 0.3) is 0 Å². The zero-order valence-electron chi connectivity index (χ0n) is 9.30. The lowest BCUT2D eigenvalue weighted by Gasteiger charge is -2.37. The van der Waals surface area contributed by atoms with Crippen LogP contribution in [0, 0.1) is 0 Å². The number of hydrogen-bond donors (Lipinski definition) is 5. The summed E-state index contributed by atoms with van der Waals surface area (Å²) in [7, 11) is 0. The molecule has 4 atom stereocenters. The van der Waals surface area contributed by atoms with Gasteiger partial charge in [-0.25, -0.2) is 0 Å². The van der Waals surface area contributed by atoms with Crippen molar-refractivity contribution in [2.45, 2.75) is 31.5 Å². The van der Waals surface area contributed by atoms with Gasteiger partial charge in [-0.15, -0.1) is 0 Å². The second-order valence-corrected chi connectivity index (χ2v) is 4.07. The van der Waals surface area contributed by atoms with Crippen LogP contribution >= 0.6 is 0 Å². The molecule has 2 rings (SSSR count). The van der Waals surface area contributed by atoms with E-state index in [2.05, 4.69) is 20.9 Å². The molecule has 8 heteroatoms. The van der Waals surface area contributed by atoms with Crippen molar-refractivity contribution in [3.8, 4) is 0 Å². The number of hydrogen-bond acceptors (Lipinski definition) is 7. The van der Waals surface area contributed by atoms with E-state index in [9.17, 15) is 14.7 Å². The van der Waals surface area contributed by atoms with Gasteiger partial charge in [0, 0.05) is 6.54 Å². The summed E-state index contributed by atoms with van der Waals surface area (Å²) >= 11 is 0. The van der Waals surface area contributed by atoms with Crippen LogP contribution in [0.5, 0.6) is 0 Å². The van der Waals surface area contributed by atoms with E-state index < -0.39 is 24.2 Å². The van der Waals surface area contributed by atoms with E-state index in [-0.39, 0.29) is 24.3 Å². The minimum atomic E-state index is -1.12. The third-order valence-electron chi connectivity index (χ3n) is 2.69. The van der Waals surface area contributed by atoms with Crippen molar-refractivity contribution < 1.29 is 14.7 Å². The van der Waals surface area contributed by atoms with Gasteiger partial charge in [0.25, 0.3) is 0 Å². The van der Waals surface area contributed by atoms with E-state index in [0.717, 1.165) is 0 Å². The SMILES string of the molecule is CC(O)C(=O)C1=NC2C(=O)NC(N)NC2NC1. The van der Waals surface area contributed by atoms with Crippen LogP contribution in [-0.2, 0) is 9.59 Å². The molecule has 6 N–H and O–H groups in total. The van der Waals surface area contributed by atoms with Crippen LogP contribution in [0.15, 0.2) is 4.99 Å². The molecule has 0 aromatic heterocycles. The molecule has 0 bridgehead atoms. The highest BCUT2D eigenvalue weighted by Crippen LogP contribution is 2.08. The van der Waals surface area contributed by atoms with Crippen LogP contribution in [0.1, 0.15) is 6.92 Å². The first kappa shape index (κ1) is 12.1. The molecule has 0 aromatic carbocycles. The van der Waals surface area contributed by atoms with Crippen LogP contribution in [-0.4, -0.2) is 53.7 Å². The summed E-state index contributed by atoms with van der Waals surface area (Å²) < 4.78 is 0. The molecule has 2 heterocycles. The molecule has 0 aliphatic carbocycles. The van der Waals surface area contributed by atoms with Gasteiger partial charge in [0.1, 0.15) is 12.4 Å². The summed E-state index contributed by atoms with van der Waals surface area (Å²) in [5, 5.41) is 17.5. The maximum Gasteiger partial charge on any atom is 0.250 e. The lowest BCUT2D eigenvalue weighted by Crippen LogP contribution is -2.72. The fraction of sp³-hybridized carbons (Fsp3) is 0.667. The van der Waals surface area contributed by atoms with Gasteiger partial charge in [-0.05, 0) is 6.92 Å². The summed E-state index contributed by atoms with van der Waals surface area (Å²) in [5.74, 6) is -0.817. The number of aliphatic imine (C=N–C) groups is 1. The minimum absolute atomic E-state index is 0.175. The molecule has 0 saturated carbocycles. The molecule has 1 fully saturated rings. The van der Waals surface area contributed by atoms with Crippen LogP contribution in [0.2, 0.25) is 0 Å². The molecule has 2 aliphatic heterocycles. The van der Waals surface area contributed by atoms with E-state index in [1.807, 2.05) is 0 Å². The molecular weight excluding hydrogens is 226 g/mol. The number of carbonyl (C=O) groups is 2. The highest BCUT2D eigenvalue weighted by atomic mass is 16.3. The predicted molar refractivity (Wildman–Crippen MR) is 59.0 cm³/mol. The van der Waals surface area contributed by atoms with Gasteiger partial charge in [-0.3, -0.25) is 30.9 Å². The monoisotopic (exact) mass is 241 g/mol. The van der Waals surface area contributed by atoms with Crippen LogP contribution in [0.4, 0.5) is 0 Å². The first-order valence-corrected chi connectivity index (χ1v) is 5.33. The van der Waals surface area contributed by atoms with Crippen molar-refractivity contribution in [2.24, 2.45) is 10.7 Å². The number of aliphatic hydroxyl groups excluding tert-OH is 1. The average Bonchev–Trinajstić information content (AvgIpc) is 2.27. The Morgan fingerprint density at radius 1 is 1.65 bits per heavy atom. The Hall–Kier alpha value is -1.35. The number of nitrogens with two attached hydrogens (primary N) is 1. The number of aliphatic hydroxyl groups is 1. The summed E-state index contributed by atoms with van der Waals surface area (Å²) in [6, 6.07) is -0.735. The number of nitrogens with one attached hydrogen (secondary N) is 3. The van der Waals surface area contributed by atoms with Crippen molar-refractivity contribution in [1.29, 1.82) is 0 Å². The number of fused-ring (bicyclic) bond motifs is 1. The third-order valence-corrected chi connectivity index (χ3v) is 2.69. The van der Waals surface area contributed by atoms with Crippen molar-refractivity contribution in [3.05, 3.63) is 0 Å². The lowest BCUT2D eigenvalue weighted by molar-refractivity contribution is -0.126. The van der Waals surface area contributed by atoms with Gasteiger partial charge in [0.2, 0.25) is 11.7 Å². The van der Waals surface area contributed by atoms with Crippen LogP contribution in [0.3, 0.4) is 0 Å². The summed E-state index contributed by atoms with van der Waals surface area (Å²) in [6.45, 7) is 1.57. The van der Waals surface area contributed by atoms with Crippen molar-refractivity contribution in [2.75, 3.05) is 6.54 Å². The van der Waals surface area contributed by atoms with Gasteiger partial charge in [0.15, 0.2) is 6.04 Å². The second kappa shape index (κ2) is 4.49. The maximum absolute atomic E-state index is 11.6. The Kier molecular flexibility index (Phi) is 3.20. The largest absolute Gasteiger partial charge is 0.385 e. The molecule has 1 amide bonds. The molecule has 1 saturated heterocycles. The van der Waals surface area contributed by atoms with Gasteiger partial charge in [-0.2, -0.15) is 0 Å². The predicted octanol–water partition coefficient (Wildman–Crippen LogP) is -3.36. The van der Waals surface area contributed by atoms with Crippen molar-refractivity contribution in [1.82, 2.24) is 16.0 Å². The van der Waals surface area contributed by atoms with Gasteiger partial charge >= 0.3 is 0 Å². The molecule has 94 valence electrons. The van der Waals surface area contributed by atoms with Crippen molar-refractivity contribution in [3.63, 3.8) is 0 Å². The molecule has 8 nitrogen and oxygen atoms in total. The zero-order valence-corrected chi connectivity index (χ0v) is 9.30. The summed E-state index contributed by atoms with van der Waals surface area (Å²) in [6.07, 6.45) is -2.13.